The Morgan fingerprint density at radius 1 is 1.67 bits per heavy atom. The monoisotopic (exact) mass is 138 g/mol. The zero-order chi connectivity index (χ0) is 6.10. The lowest BCUT2D eigenvalue weighted by molar-refractivity contribution is 0.689. The largest absolute Gasteiger partial charge is 0.300 e. The van der Waals surface area contributed by atoms with Crippen molar-refractivity contribution >= 4 is 11.8 Å². The molecule has 0 amide bonds. The molecule has 1 nitrogen and oxygen atoms in total. The smallest absolute Gasteiger partial charge is 0.0486 e. The molecule has 2 aliphatic rings. The summed E-state index contributed by atoms with van der Waals surface area (Å²) in [7, 11) is 0. The molecular weight excluding hydrogens is 130 g/mol. The Labute approximate surface area is 59.2 Å². The number of nitrogens with one attached hydrogen (secondary N) is 1. The van der Waals surface area contributed by atoms with Crippen LogP contribution in [0.2, 0.25) is 0 Å². The summed E-state index contributed by atoms with van der Waals surface area (Å²) < 4.78 is 0. The van der Waals surface area contributed by atoms with Gasteiger partial charge in [-0.3, -0.25) is 5.32 Å². The Hall–Kier alpha value is -0.210. The van der Waals surface area contributed by atoms with E-state index in [1.54, 1.807) is 0 Å². The molecule has 0 aromatic rings. The fourth-order valence-electron chi connectivity index (χ4n) is 1.09. The first-order valence-electron chi connectivity index (χ1n) is 3.08. The van der Waals surface area contributed by atoms with Crippen molar-refractivity contribution in [2.24, 2.45) is 0 Å². The number of fused-ring (bicyclic) bond motifs is 1. The van der Waals surface area contributed by atoms with Crippen molar-refractivity contribution in [2.45, 2.75) is 11.3 Å². The van der Waals surface area contributed by atoms with Gasteiger partial charge in [-0.15, -0.1) is 11.8 Å². The molecule has 2 heteroatoms. The van der Waals surface area contributed by atoms with Gasteiger partial charge in [0.2, 0.25) is 0 Å². The second-order valence-electron chi connectivity index (χ2n) is 2.18. The van der Waals surface area contributed by atoms with Crippen LogP contribution >= 0.6 is 11.8 Å². The van der Waals surface area contributed by atoms with E-state index in [1.165, 1.54) is 0 Å². The second kappa shape index (κ2) is 2.20. The second-order valence-corrected chi connectivity index (χ2v) is 3.34. The van der Waals surface area contributed by atoms with Crippen LogP contribution in [0.15, 0.2) is 18.2 Å². The predicted octanol–water partition coefficient (Wildman–Crippen LogP) is 0.947. The summed E-state index contributed by atoms with van der Waals surface area (Å²) >= 11 is 1.95. The fourth-order valence-corrected chi connectivity index (χ4v) is 2.13. The van der Waals surface area contributed by atoms with Crippen LogP contribution in [-0.2, 0) is 0 Å². The highest BCUT2D eigenvalue weighted by atomic mass is 32.2. The Kier molecular flexibility index (Phi) is 1.36. The van der Waals surface area contributed by atoms with Crippen molar-refractivity contribution in [3.63, 3.8) is 0 Å². The predicted molar refractivity (Wildman–Crippen MR) is 40.1 cm³/mol. The highest BCUT2D eigenvalue weighted by Gasteiger charge is 2.23. The van der Waals surface area contributed by atoms with E-state index in [2.05, 4.69) is 23.5 Å². The molecule has 0 spiro atoms. The van der Waals surface area contributed by atoms with Gasteiger partial charge in [-0.25, -0.2) is 0 Å². The summed E-state index contributed by atoms with van der Waals surface area (Å²) in [6.45, 7) is 0. The average molecular weight is 138 g/mol. The maximum absolute atomic E-state index is 3.33. The molecule has 1 heterocycles. The number of rotatable bonds is 0. The molecule has 0 bridgehead atoms. The lowest BCUT2D eigenvalue weighted by Crippen LogP contribution is -2.27. The Morgan fingerprint density at radius 3 is 3.56 bits per heavy atom. The van der Waals surface area contributed by atoms with Gasteiger partial charge < -0.3 is 0 Å². The summed E-state index contributed by atoms with van der Waals surface area (Å²) in [6, 6.07) is 0.486. The molecule has 1 radical (unpaired) electrons. The minimum atomic E-state index is 0.486. The van der Waals surface area contributed by atoms with Gasteiger partial charge in [0.1, 0.15) is 0 Å². The molecule has 1 aliphatic carbocycles. The summed E-state index contributed by atoms with van der Waals surface area (Å²) in [4.78, 5) is 0. The standard InChI is InChI=1S/C7H8NS/c1-2-4-7-6(3-1)8-5-9-7/h1-2,4,6-8H,5H2. The lowest BCUT2D eigenvalue weighted by atomic mass is 10.1. The molecule has 47 valence electrons. The molecule has 1 aliphatic heterocycles. The first-order chi connectivity index (χ1) is 4.47. The van der Waals surface area contributed by atoms with Crippen molar-refractivity contribution in [3.05, 3.63) is 24.3 Å². The minimum Gasteiger partial charge on any atom is -0.300 e. The van der Waals surface area contributed by atoms with Crippen LogP contribution in [-0.4, -0.2) is 17.2 Å². The lowest BCUT2D eigenvalue weighted by Gasteiger charge is -2.11. The number of hydrogen-bond acceptors (Lipinski definition) is 2. The summed E-state index contributed by atoms with van der Waals surface area (Å²) in [5.74, 6) is 1.07. The number of thioether (sulfide) groups is 1. The van der Waals surface area contributed by atoms with Gasteiger partial charge in [-0.2, -0.15) is 0 Å². The Bertz CT molecular complexity index is 144. The van der Waals surface area contributed by atoms with E-state index in [4.69, 9.17) is 0 Å². The van der Waals surface area contributed by atoms with Crippen LogP contribution in [0.5, 0.6) is 0 Å². The molecule has 1 saturated heterocycles. The van der Waals surface area contributed by atoms with Gasteiger partial charge in [0, 0.05) is 17.2 Å². The zero-order valence-electron chi connectivity index (χ0n) is 5.00. The molecule has 2 atom stereocenters. The van der Waals surface area contributed by atoms with Crippen LogP contribution in [0.3, 0.4) is 0 Å². The average Bonchev–Trinajstić information content (AvgIpc) is 2.33. The van der Waals surface area contributed by atoms with Crippen molar-refractivity contribution in [3.8, 4) is 0 Å². The maximum Gasteiger partial charge on any atom is 0.0486 e. The molecule has 0 aromatic heterocycles. The van der Waals surface area contributed by atoms with Crippen LogP contribution in [0.25, 0.3) is 0 Å². The molecule has 1 fully saturated rings. The van der Waals surface area contributed by atoms with Crippen molar-refractivity contribution in [1.82, 2.24) is 5.32 Å². The molecule has 2 rings (SSSR count). The maximum atomic E-state index is 3.33. The third kappa shape index (κ3) is 0.926. The summed E-state index contributed by atoms with van der Waals surface area (Å²) in [6.07, 6.45) is 9.52. The van der Waals surface area contributed by atoms with E-state index in [9.17, 15) is 0 Å². The third-order valence-electron chi connectivity index (χ3n) is 1.58. The summed E-state index contributed by atoms with van der Waals surface area (Å²) in [5, 5.41) is 3.98. The molecule has 2 unspecified atom stereocenters. The SMILES string of the molecule is [C]1=CC=CC2SCNC12. The van der Waals surface area contributed by atoms with Gasteiger partial charge >= 0.3 is 0 Å². The van der Waals surface area contributed by atoms with E-state index >= 15 is 0 Å². The minimum absolute atomic E-state index is 0.486. The van der Waals surface area contributed by atoms with Crippen LogP contribution in [0, 0.1) is 6.08 Å². The van der Waals surface area contributed by atoms with Crippen LogP contribution in [0.1, 0.15) is 0 Å². The molecular formula is C7H8NS. The molecule has 0 aromatic carbocycles. The van der Waals surface area contributed by atoms with Gasteiger partial charge in [-0.1, -0.05) is 18.2 Å². The highest BCUT2D eigenvalue weighted by Crippen LogP contribution is 2.24. The molecule has 0 saturated carbocycles. The van der Waals surface area contributed by atoms with Crippen molar-refractivity contribution in [1.29, 1.82) is 0 Å². The van der Waals surface area contributed by atoms with Gasteiger partial charge in [0.05, 0.1) is 0 Å². The van der Waals surface area contributed by atoms with E-state index in [0.29, 0.717) is 11.3 Å². The normalized spacial score (nSPS) is 39.1. The number of allylic oxidation sites excluding steroid dienone is 2. The van der Waals surface area contributed by atoms with Gasteiger partial charge in [-0.05, 0) is 6.08 Å². The zero-order valence-corrected chi connectivity index (χ0v) is 5.82. The van der Waals surface area contributed by atoms with Gasteiger partial charge in [0.25, 0.3) is 0 Å². The Morgan fingerprint density at radius 2 is 2.67 bits per heavy atom. The Balaban J connectivity index is 2.18. The summed E-state index contributed by atoms with van der Waals surface area (Å²) in [5.41, 5.74) is 0. The fraction of sp³-hybridized carbons (Fsp3) is 0.429. The molecule has 1 N–H and O–H groups in total. The first-order valence-corrected chi connectivity index (χ1v) is 4.13. The third-order valence-corrected chi connectivity index (χ3v) is 2.73. The molecule has 9 heavy (non-hydrogen) atoms. The van der Waals surface area contributed by atoms with Crippen LogP contribution in [0.4, 0.5) is 0 Å². The highest BCUT2D eigenvalue weighted by molar-refractivity contribution is 8.00. The first kappa shape index (κ1) is 5.57. The van der Waals surface area contributed by atoms with E-state index in [0.717, 1.165) is 5.88 Å². The number of hydrogen-bond donors (Lipinski definition) is 1. The quantitative estimate of drug-likeness (QED) is 0.535. The van der Waals surface area contributed by atoms with E-state index in [1.807, 2.05) is 17.8 Å². The topological polar surface area (TPSA) is 12.0 Å². The van der Waals surface area contributed by atoms with Crippen LogP contribution < -0.4 is 5.32 Å². The van der Waals surface area contributed by atoms with Crippen molar-refractivity contribution in [2.75, 3.05) is 5.88 Å². The van der Waals surface area contributed by atoms with E-state index < -0.39 is 0 Å². The van der Waals surface area contributed by atoms with E-state index in [-0.39, 0.29) is 0 Å². The van der Waals surface area contributed by atoms with Gasteiger partial charge in [0.15, 0.2) is 0 Å². The van der Waals surface area contributed by atoms with Crippen molar-refractivity contribution < 1.29 is 0 Å².